The fourth-order valence-corrected chi connectivity index (χ4v) is 3.09. The third-order valence-electron chi connectivity index (χ3n) is 4.57. The quantitative estimate of drug-likeness (QED) is 0.541. The number of anilines is 1. The van der Waals surface area contributed by atoms with Crippen LogP contribution in [0.15, 0.2) is 54.6 Å². The van der Waals surface area contributed by atoms with Crippen LogP contribution in [0.3, 0.4) is 0 Å². The molecule has 1 atom stereocenters. The summed E-state index contributed by atoms with van der Waals surface area (Å²) in [5, 5.41) is 2.51. The molecular formula is C23H24N2O6. The Hall–Kier alpha value is -3.81. The molecule has 1 heterocycles. The van der Waals surface area contributed by atoms with Crippen LogP contribution in [0, 0.1) is 0 Å². The molecule has 2 aromatic carbocycles. The summed E-state index contributed by atoms with van der Waals surface area (Å²) < 4.78 is 16.3. The van der Waals surface area contributed by atoms with E-state index in [0.717, 1.165) is 5.56 Å². The zero-order valence-electron chi connectivity index (χ0n) is 17.4. The second kappa shape index (κ2) is 10.3. The Labute approximate surface area is 180 Å². The van der Waals surface area contributed by atoms with Gasteiger partial charge in [-0.15, -0.1) is 0 Å². The number of carbonyl (C=O) groups excluding carboxylic acids is 3. The summed E-state index contributed by atoms with van der Waals surface area (Å²) in [5.74, 6) is -0.407. The van der Waals surface area contributed by atoms with Crippen molar-refractivity contribution in [3.63, 3.8) is 0 Å². The average molecular weight is 424 g/mol. The van der Waals surface area contributed by atoms with E-state index in [0.29, 0.717) is 23.8 Å². The lowest BCUT2D eigenvalue weighted by atomic mass is 10.1. The van der Waals surface area contributed by atoms with Crippen LogP contribution in [0.1, 0.15) is 12.5 Å². The van der Waals surface area contributed by atoms with E-state index in [2.05, 4.69) is 5.32 Å². The molecule has 1 N–H and O–H groups in total. The minimum atomic E-state index is -0.852. The smallest absolute Gasteiger partial charge is 0.331 e. The predicted octanol–water partition coefficient (Wildman–Crippen LogP) is 2.18. The number of para-hydroxylation sites is 3. The Balaban J connectivity index is 1.65. The van der Waals surface area contributed by atoms with Crippen molar-refractivity contribution in [1.29, 1.82) is 0 Å². The molecule has 0 radical (unpaired) electrons. The number of rotatable bonds is 7. The van der Waals surface area contributed by atoms with Gasteiger partial charge >= 0.3 is 5.97 Å². The Morgan fingerprint density at radius 2 is 1.90 bits per heavy atom. The minimum absolute atomic E-state index is 0.0185. The molecule has 0 saturated carbocycles. The number of carbonyl (C=O) groups is 3. The monoisotopic (exact) mass is 424 g/mol. The van der Waals surface area contributed by atoms with Crippen molar-refractivity contribution in [2.75, 3.05) is 31.7 Å². The number of nitrogens with one attached hydrogen (secondary N) is 1. The van der Waals surface area contributed by atoms with Crippen LogP contribution < -0.4 is 19.7 Å². The van der Waals surface area contributed by atoms with Gasteiger partial charge in [-0.1, -0.05) is 30.3 Å². The van der Waals surface area contributed by atoms with Crippen LogP contribution in [0.2, 0.25) is 0 Å². The largest absolute Gasteiger partial charge is 0.493 e. The van der Waals surface area contributed by atoms with Crippen molar-refractivity contribution in [2.24, 2.45) is 0 Å². The highest BCUT2D eigenvalue weighted by Gasteiger charge is 2.33. The first-order chi connectivity index (χ1) is 15.0. The summed E-state index contributed by atoms with van der Waals surface area (Å²) in [6.45, 7) is 1.93. The Kier molecular flexibility index (Phi) is 7.26. The molecule has 2 aromatic rings. The lowest BCUT2D eigenvalue weighted by molar-refractivity contribution is -0.143. The van der Waals surface area contributed by atoms with E-state index >= 15 is 0 Å². The van der Waals surface area contributed by atoms with Crippen LogP contribution in [0.4, 0.5) is 5.69 Å². The average Bonchev–Trinajstić information content (AvgIpc) is 2.80. The first-order valence-corrected chi connectivity index (χ1v) is 9.87. The number of ether oxygens (including phenoxy) is 3. The van der Waals surface area contributed by atoms with Gasteiger partial charge in [-0.05, 0) is 31.2 Å². The molecule has 8 nitrogen and oxygen atoms in total. The molecule has 0 bridgehead atoms. The van der Waals surface area contributed by atoms with Gasteiger partial charge in [0.1, 0.15) is 11.5 Å². The number of nitrogens with zero attached hydrogens (tertiary/aromatic N) is 1. The van der Waals surface area contributed by atoms with E-state index in [1.807, 2.05) is 25.1 Å². The van der Waals surface area contributed by atoms with Crippen molar-refractivity contribution in [2.45, 2.75) is 13.0 Å². The van der Waals surface area contributed by atoms with Gasteiger partial charge in [0.15, 0.2) is 12.7 Å². The summed E-state index contributed by atoms with van der Waals surface area (Å²) in [6, 6.07) is 14.2. The number of benzene rings is 2. The van der Waals surface area contributed by atoms with Crippen molar-refractivity contribution in [1.82, 2.24) is 5.32 Å². The number of hydrogen-bond acceptors (Lipinski definition) is 6. The van der Waals surface area contributed by atoms with E-state index < -0.39 is 24.6 Å². The lowest BCUT2D eigenvalue weighted by Gasteiger charge is -2.33. The molecular weight excluding hydrogens is 400 g/mol. The zero-order chi connectivity index (χ0) is 22.2. The molecule has 1 unspecified atom stereocenters. The van der Waals surface area contributed by atoms with Gasteiger partial charge in [0.25, 0.3) is 11.8 Å². The molecule has 8 heteroatoms. The van der Waals surface area contributed by atoms with Crippen LogP contribution in [0.25, 0.3) is 6.08 Å². The molecule has 0 aliphatic carbocycles. The molecule has 0 saturated heterocycles. The molecule has 0 fully saturated rings. The van der Waals surface area contributed by atoms with Gasteiger partial charge < -0.3 is 24.4 Å². The first kappa shape index (κ1) is 21.9. The number of likely N-dealkylation sites (N-methyl/N-ethyl adjacent to an activating group) is 1. The van der Waals surface area contributed by atoms with E-state index in [4.69, 9.17) is 14.2 Å². The molecule has 0 spiro atoms. The Morgan fingerprint density at radius 3 is 2.68 bits per heavy atom. The van der Waals surface area contributed by atoms with Gasteiger partial charge in [0, 0.05) is 18.7 Å². The van der Waals surface area contributed by atoms with Crippen LogP contribution in [-0.2, 0) is 19.1 Å². The maximum atomic E-state index is 12.8. The third kappa shape index (κ3) is 5.42. The number of esters is 1. The summed E-state index contributed by atoms with van der Waals surface area (Å²) in [4.78, 5) is 38.3. The first-order valence-electron chi connectivity index (χ1n) is 9.87. The molecule has 31 heavy (non-hydrogen) atoms. The highest BCUT2D eigenvalue weighted by atomic mass is 16.5. The highest BCUT2D eigenvalue weighted by molar-refractivity contribution is 5.99. The van der Waals surface area contributed by atoms with Gasteiger partial charge in [-0.2, -0.15) is 0 Å². The summed E-state index contributed by atoms with van der Waals surface area (Å²) >= 11 is 0. The molecule has 0 aromatic heterocycles. The fraction of sp³-hybridized carbons (Fsp3) is 0.261. The molecule has 1 aliphatic heterocycles. The standard InChI is InChI=1S/C23H24N2O6/c1-3-29-18-10-6-4-8-16(18)12-13-22(27)30-15-21(26)25-14-20(23(28)24-2)31-19-11-7-5-9-17(19)25/h4-13,20H,3,14-15H2,1-2H3,(H,24,28)/b13-12+. The number of fused-ring (bicyclic) bond motifs is 1. The molecule has 3 rings (SSSR count). The Morgan fingerprint density at radius 1 is 1.16 bits per heavy atom. The third-order valence-corrected chi connectivity index (χ3v) is 4.57. The normalized spacial score (nSPS) is 15.0. The number of hydrogen-bond donors (Lipinski definition) is 1. The van der Waals surface area contributed by atoms with E-state index in [1.165, 1.54) is 18.0 Å². The predicted molar refractivity (Wildman–Crippen MR) is 115 cm³/mol. The maximum absolute atomic E-state index is 12.8. The van der Waals surface area contributed by atoms with E-state index in [1.54, 1.807) is 36.4 Å². The van der Waals surface area contributed by atoms with Gasteiger partial charge in [-0.25, -0.2) is 4.79 Å². The second-order valence-electron chi connectivity index (χ2n) is 6.60. The lowest BCUT2D eigenvalue weighted by Crippen LogP contribution is -2.51. The van der Waals surface area contributed by atoms with Crippen LogP contribution >= 0.6 is 0 Å². The number of amides is 2. The maximum Gasteiger partial charge on any atom is 0.331 e. The highest BCUT2D eigenvalue weighted by Crippen LogP contribution is 2.33. The molecule has 162 valence electrons. The second-order valence-corrected chi connectivity index (χ2v) is 6.60. The zero-order valence-corrected chi connectivity index (χ0v) is 17.4. The summed E-state index contributed by atoms with van der Waals surface area (Å²) in [7, 11) is 1.50. The van der Waals surface area contributed by atoms with Crippen LogP contribution in [0.5, 0.6) is 11.5 Å². The van der Waals surface area contributed by atoms with Crippen molar-refractivity contribution in [3.05, 3.63) is 60.2 Å². The van der Waals surface area contributed by atoms with E-state index in [9.17, 15) is 14.4 Å². The van der Waals surface area contributed by atoms with Crippen LogP contribution in [-0.4, -0.2) is 50.7 Å². The van der Waals surface area contributed by atoms with Gasteiger partial charge in [-0.3, -0.25) is 9.59 Å². The van der Waals surface area contributed by atoms with Crippen molar-refractivity contribution >= 4 is 29.5 Å². The summed E-state index contributed by atoms with van der Waals surface area (Å²) in [5.41, 5.74) is 1.24. The minimum Gasteiger partial charge on any atom is -0.493 e. The van der Waals surface area contributed by atoms with Gasteiger partial charge in [0.2, 0.25) is 0 Å². The SMILES string of the molecule is CCOc1ccccc1/C=C/C(=O)OCC(=O)N1CC(C(=O)NC)Oc2ccccc21. The molecule has 2 amide bonds. The fourth-order valence-electron chi connectivity index (χ4n) is 3.09. The van der Waals surface area contributed by atoms with Gasteiger partial charge in [0.05, 0.1) is 18.8 Å². The van der Waals surface area contributed by atoms with Crippen molar-refractivity contribution < 1.29 is 28.6 Å². The summed E-state index contributed by atoms with van der Waals surface area (Å²) in [6.07, 6.45) is 1.96. The topological polar surface area (TPSA) is 94.2 Å². The van der Waals surface area contributed by atoms with Crippen molar-refractivity contribution in [3.8, 4) is 11.5 Å². The Bertz CT molecular complexity index is 988. The molecule has 1 aliphatic rings. The van der Waals surface area contributed by atoms with E-state index in [-0.39, 0.29) is 12.5 Å².